The molecule has 0 aliphatic heterocycles. The Morgan fingerprint density at radius 1 is 0.957 bits per heavy atom. The van der Waals surface area contributed by atoms with Crippen LogP contribution in [-0.2, 0) is 0 Å². The van der Waals surface area contributed by atoms with Gasteiger partial charge in [-0.2, -0.15) is 5.26 Å². The summed E-state index contributed by atoms with van der Waals surface area (Å²) < 4.78 is 15.6. The maximum atomic E-state index is 12.7. The lowest BCUT2D eigenvalue weighted by Gasteiger charge is -2.14. The highest BCUT2D eigenvalue weighted by atomic mass is 16.5. The summed E-state index contributed by atoms with van der Waals surface area (Å²) in [4.78, 5) is 12.7. The lowest BCUT2D eigenvalue weighted by molar-refractivity contribution is 0.0976. The van der Waals surface area contributed by atoms with E-state index in [1.165, 1.54) is 21.3 Å². The summed E-state index contributed by atoms with van der Waals surface area (Å²) in [5.41, 5.74) is 0.914. The number of benzene rings is 2. The zero-order chi connectivity index (χ0) is 16.8. The predicted molar refractivity (Wildman–Crippen MR) is 85.2 cm³/mol. The van der Waals surface area contributed by atoms with E-state index in [9.17, 15) is 10.1 Å². The molecule has 1 atom stereocenters. The van der Waals surface area contributed by atoms with Crippen molar-refractivity contribution in [3.63, 3.8) is 0 Å². The molecular weight excluding hydrogens is 294 g/mol. The van der Waals surface area contributed by atoms with Gasteiger partial charge >= 0.3 is 0 Å². The van der Waals surface area contributed by atoms with Crippen LogP contribution in [0.25, 0.3) is 0 Å². The molecule has 0 saturated carbocycles. The first kappa shape index (κ1) is 16.4. The molecule has 2 aromatic carbocycles. The Morgan fingerprint density at radius 3 is 2.22 bits per heavy atom. The predicted octanol–water partition coefficient (Wildman–Crippen LogP) is 3.20. The van der Waals surface area contributed by atoms with Gasteiger partial charge in [-0.25, -0.2) is 0 Å². The fraction of sp³-hybridized carbons (Fsp3) is 0.222. The van der Waals surface area contributed by atoms with E-state index in [0.29, 0.717) is 28.4 Å². The van der Waals surface area contributed by atoms with Crippen LogP contribution in [0.5, 0.6) is 17.2 Å². The summed E-state index contributed by atoms with van der Waals surface area (Å²) >= 11 is 0. The molecule has 0 radical (unpaired) electrons. The van der Waals surface area contributed by atoms with Gasteiger partial charge in [0.2, 0.25) is 0 Å². The first-order valence-corrected chi connectivity index (χ1v) is 6.95. The molecule has 5 nitrogen and oxygen atoms in total. The van der Waals surface area contributed by atoms with E-state index in [4.69, 9.17) is 14.2 Å². The minimum absolute atomic E-state index is 0.322. The Morgan fingerprint density at radius 2 is 1.61 bits per heavy atom. The monoisotopic (exact) mass is 311 g/mol. The summed E-state index contributed by atoms with van der Waals surface area (Å²) in [6, 6.07) is 13.9. The molecule has 5 heteroatoms. The maximum Gasteiger partial charge on any atom is 0.188 e. The lowest BCUT2D eigenvalue weighted by atomic mass is 9.91. The minimum Gasteiger partial charge on any atom is -0.496 e. The molecule has 2 rings (SSSR count). The highest BCUT2D eigenvalue weighted by Gasteiger charge is 2.25. The number of para-hydroxylation sites is 1. The van der Waals surface area contributed by atoms with E-state index in [-0.39, 0.29) is 5.78 Å². The van der Waals surface area contributed by atoms with Gasteiger partial charge in [0.25, 0.3) is 0 Å². The van der Waals surface area contributed by atoms with Crippen molar-refractivity contribution in [3.8, 4) is 23.3 Å². The molecule has 0 aliphatic rings. The van der Waals surface area contributed by atoms with Gasteiger partial charge in [-0.3, -0.25) is 4.79 Å². The standard InChI is InChI=1S/C18H17NO4/c1-21-15-7-5-4-6-13(15)18(20)14(11-19)12-8-9-16(22-2)17(10-12)23-3/h4-10,14H,1-3H3. The van der Waals surface area contributed by atoms with Gasteiger partial charge < -0.3 is 14.2 Å². The average molecular weight is 311 g/mol. The molecule has 1 unspecified atom stereocenters. The number of rotatable bonds is 6. The minimum atomic E-state index is -0.953. The first-order valence-electron chi connectivity index (χ1n) is 6.95. The van der Waals surface area contributed by atoms with Gasteiger partial charge in [-0.15, -0.1) is 0 Å². The van der Waals surface area contributed by atoms with Gasteiger partial charge in [-0.05, 0) is 29.8 Å². The Hall–Kier alpha value is -3.00. The highest BCUT2D eigenvalue weighted by molar-refractivity contribution is 6.04. The van der Waals surface area contributed by atoms with Crippen LogP contribution in [0.4, 0.5) is 0 Å². The second kappa shape index (κ2) is 7.32. The number of nitrogens with zero attached hydrogens (tertiary/aromatic N) is 1. The molecule has 0 amide bonds. The molecule has 0 bridgehead atoms. The molecule has 0 heterocycles. The van der Waals surface area contributed by atoms with Crippen molar-refractivity contribution in [2.24, 2.45) is 0 Å². The van der Waals surface area contributed by atoms with Gasteiger partial charge in [0.05, 0.1) is 33.0 Å². The third-order valence-corrected chi connectivity index (χ3v) is 3.50. The number of methoxy groups -OCH3 is 3. The van der Waals surface area contributed by atoms with E-state index in [0.717, 1.165) is 0 Å². The van der Waals surface area contributed by atoms with Gasteiger partial charge in [0.1, 0.15) is 11.7 Å². The van der Waals surface area contributed by atoms with Crippen molar-refractivity contribution < 1.29 is 19.0 Å². The van der Waals surface area contributed by atoms with Crippen LogP contribution < -0.4 is 14.2 Å². The molecule has 2 aromatic rings. The van der Waals surface area contributed by atoms with E-state index in [1.54, 1.807) is 42.5 Å². The molecule has 23 heavy (non-hydrogen) atoms. The zero-order valence-corrected chi connectivity index (χ0v) is 13.2. The quantitative estimate of drug-likeness (QED) is 0.766. The maximum absolute atomic E-state index is 12.7. The zero-order valence-electron chi connectivity index (χ0n) is 13.2. The molecule has 0 aliphatic carbocycles. The molecule has 0 fully saturated rings. The third kappa shape index (κ3) is 3.27. The van der Waals surface area contributed by atoms with E-state index in [1.807, 2.05) is 0 Å². The van der Waals surface area contributed by atoms with Crippen LogP contribution in [0.2, 0.25) is 0 Å². The van der Waals surface area contributed by atoms with E-state index >= 15 is 0 Å². The van der Waals surface area contributed by atoms with Crippen molar-refractivity contribution in [1.82, 2.24) is 0 Å². The number of ketones is 1. The molecule has 0 spiro atoms. The van der Waals surface area contributed by atoms with Crippen LogP contribution in [0, 0.1) is 11.3 Å². The summed E-state index contributed by atoms with van der Waals surface area (Å²) in [5.74, 6) is 0.178. The number of hydrogen-bond acceptors (Lipinski definition) is 5. The fourth-order valence-electron chi connectivity index (χ4n) is 2.32. The normalized spacial score (nSPS) is 11.2. The molecule has 0 saturated heterocycles. The Bertz CT molecular complexity index is 749. The Balaban J connectivity index is 2.44. The number of carbonyl (C=O) groups is 1. The van der Waals surface area contributed by atoms with Crippen LogP contribution in [0.1, 0.15) is 21.8 Å². The number of nitriles is 1. The number of carbonyl (C=O) groups excluding carboxylic acids is 1. The molecular formula is C18H17NO4. The van der Waals surface area contributed by atoms with Crippen molar-refractivity contribution in [1.29, 1.82) is 5.26 Å². The second-order valence-electron chi connectivity index (χ2n) is 4.74. The second-order valence-corrected chi connectivity index (χ2v) is 4.74. The van der Waals surface area contributed by atoms with Gasteiger partial charge in [0, 0.05) is 0 Å². The van der Waals surface area contributed by atoms with Crippen LogP contribution in [0.15, 0.2) is 42.5 Å². The SMILES string of the molecule is COc1ccc(C(C#N)C(=O)c2ccccc2OC)cc1OC. The summed E-state index contributed by atoms with van der Waals surface area (Å²) in [6.45, 7) is 0. The largest absolute Gasteiger partial charge is 0.496 e. The number of Topliss-reactive ketones (excluding diaryl/α,β-unsaturated/α-hetero) is 1. The molecule has 0 N–H and O–H groups in total. The molecule has 0 aromatic heterocycles. The van der Waals surface area contributed by atoms with Crippen LogP contribution in [0.3, 0.4) is 0 Å². The van der Waals surface area contributed by atoms with Crippen molar-refractivity contribution in [2.45, 2.75) is 5.92 Å². The van der Waals surface area contributed by atoms with Crippen molar-refractivity contribution >= 4 is 5.78 Å². The van der Waals surface area contributed by atoms with Crippen molar-refractivity contribution in [2.75, 3.05) is 21.3 Å². The summed E-state index contributed by atoms with van der Waals surface area (Å²) in [7, 11) is 4.52. The lowest BCUT2D eigenvalue weighted by Crippen LogP contribution is -2.12. The van der Waals surface area contributed by atoms with Crippen molar-refractivity contribution in [3.05, 3.63) is 53.6 Å². The molecule has 118 valence electrons. The van der Waals surface area contributed by atoms with Crippen LogP contribution in [-0.4, -0.2) is 27.1 Å². The summed E-state index contributed by atoms with van der Waals surface area (Å²) in [6.07, 6.45) is 0. The number of hydrogen-bond donors (Lipinski definition) is 0. The average Bonchev–Trinajstić information content (AvgIpc) is 2.61. The van der Waals surface area contributed by atoms with Crippen LogP contribution >= 0.6 is 0 Å². The third-order valence-electron chi connectivity index (χ3n) is 3.50. The number of ether oxygens (including phenoxy) is 3. The van der Waals surface area contributed by atoms with E-state index in [2.05, 4.69) is 6.07 Å². The Kier molecular flexibility index (Phi) is 5.21. The topological polar surface area (TPSA) is 68.5 Å². The fourth-order valence-corrected chi connectivity index (χ4v) is 2.32. The first-order chi connectivity index (χ1) is 11.2. The highest BCUT2D eigenvalue weighted by Crippen LogP contribution is 2.33. The van der Waals surface area contributed by atoms with E-state index < -0.39 is 5.92 Å². The van der Waals surface area contributed by atoms with Gasteiger partial charge in [0.15, 0.2) is 17.3 Å². The van der Waals surface area contributed by atoms with Gasteiger partial charge in [-0.1, -0.05) is 18.2 Å². The smallest absolute Gasteiger partial charge is 0.188 e. The summed E-state index contributed by atoms with van der Waals surface area (Å²) in [5, 5.41) is 9.48. The Labute approximate surface area is 135 Å².